The molecule has 4 heteroatoms. The molecule has 0 aromatic heterocycles. The number of aliphatic carboxylic acids is 1. The molecule has 2 rings (SSSR count). The SMILES string of the molecule is CC(C)C(=O)N1CC(C(=O)O)Cc2ccccc21. The minimum absolute atomic E-state index is 0.0200. The lowest BCUT2D eigenvalue weighted by Crippen LogP contribution is -2.44. The van der Waals surface area contributed by atoms with Crippen molar-refractivity contribution in [2.45, 2.75) is 20.3 Å². The Morgan fingerprint density at radius 3 is 2.61 bits per heavy atom. The van der Waals surface area contributed by atoms with Gasteiger partial charge >= 0.3 is 5.97 Å². The van der Waals surface area contributed by atoms with Gasteiger partial charge in [0.2, 0.25) is 5.91 Å². The number of amides is 1. The summed E-state index contributed by atoms with van der Waals surface area (Å²) in [7, 11) is 0. The second-order valence-electron chi connectivity index (χ2n) is 4.97. The van der Waals surface area contributed by atoms with Crippen molar-refractivity contribution in [1.29, 1.82) is 0 Å². The average molecular weight is 247 g/mol. The number of nitrogens with zero attached hydrogens (tertiary/aromatic N) is 1. The van der Waals surface area contributed by atoms with Crippen LogP contribution in [0.5, 0.6) is 0 Å². The fraction of sp³-hybridized carbons (Fsp3) is 0.429. The highest BCUT2D eigenvalue weighted by Gasteiger charge is 2.32. The lowest BCUT2D eigenvalue weighted by molar-refractivity contribution is -0.141. The zero-order valence-corrected chi connectivity index (χ0v) is 10.6. The van der Waals surface area contributed by atoms with Crippen LogP contribution >= 0.6 is 0 Å². The van der Waals surface area contributed by atoms with E-state index in [0.717, 1.165) is 11.3 Å². The molecule has 0 spiro atoms. The molecule has 0 saturated heterocycles. The van der Waals surface area contributed by atoms with Gasteiger partial charge in [0.15, 0.2) is 0 Å². The number of benzene rings is 1. The van der Waals surface area contributed by atoms with E-state index in [1.807, 2.05) is 38.1 Å². The van der Waals surface area contributed by atoms with Gasteiger partial charge in [0, 0.05) is 18.2 Å². The minimum Gasteiger partial charge on any atom is -0.481 e. The van der Waals surface area contributed by atoms with E-state index in [-0.39, 0.29) is 18.4 Å². The quantitative estimate of drug-likeness (QED) is 0.868. The molecule has 1 aromatic carbocycles. The summed E-state index contributed by atoms with van der Waals surface area (Å²) in [6.45, 7) is 3.92. The Bertz CT molecular complexity index is 482. The van der Waals surface area contributed by atoms with Crippen molar-refractivity contribution in [2.24, 2.45) is 11.8 Å². The van der Waals surface area contributed by atoms with E-state index < -0.39 is 11.9 Å². The highest BCUT2D eigenvalue weighted by atomic mass is 16.4. The molecule has 1 heterocycles. The number of para-hydroxylation sites is 1. The molecule has 0 saturated carbocycles. The molecule has 0 aliphatic carbocycles. The summed E-state index contributed by atoms with van der Waals surface area (Å²) in [5.74, 6) is -1.51. The van der Waals surface area contributed by atoms with E-state index in [2.05, 4.69) is 0 Å². The summed E-state index contributed by atoms with van der Waals surface area (Å²) in [6, 6.07) is 7.53. The van der Waals surface area contributed by atoms with Gasteiger partial charge in [-0.05, 0) is 18.1 Å². The van der Waals surface area contributed by atoms with Crippen LogP contribution in [0.4, 0.5) is 5.69 Å². The molecule has 1 amide bonds. The molecule has 18 heavy (non-hydrogen) atoms. The summed E-state index contributed by atoms with van der Waals surface area (Å²) in [5.41, 5.74) is 1.79. The maximum atomic E-state index is 12.2. The molecule has 0 bridgehead atoms. The van der Waals surface area contributed by atoms with Crippen LogP contribution < -0.4 is 4.90 Å². The summed E-state index contributed by atoms with van der Waals surface area (Å²) >= 11 is 0. The van der Waals surface area contributed by atoms with Gasteiger partial charge in [-0.3, -0.25) is 9.59 Å². The normalized spacial score (nSPS) is 18.6. The van der Waals surface area contributed by atoms with Crippen LogP contribution in [0.3, 0.4) is 0 Å². The number of carbonyl (C=O) groups is 2. The lowest BCUT2D eigenvalue weighted by Gasteiger charge is -2.34. The Labute approximate surface area is 106 Å². The fourth-order valence-corrected chi connectivity index (χ4v) is 2.28. The summed E-state index contributed by atoms with van der Waals surface area (Å²) < 4.78 is 0. The predicted octanol–water partition coefficient (Wildman–Crippen LogP) is 1.93. The van der Waals surface area contributed by atoms with Crippen molar-refractivity contribution in [3.8, 4) is 0 Å². The van der Waals surface area contributed by atoms with E-state index in [1.165, 1.54) is 0 Å². The highest BCUT2D eigenvalue weighted by molar-refractivity contribution is 5.96. The number of carboxylic acids is 1. The van der Waals surface area contributed by atoms with Gasteiger partial charge in [0.1, 0.15) is 0 Å². The molecule has 1 aliphatic heterocycles. The van der Waals surface area contributed by atoms with E-state index >= 15 is 0 Å². The van der Waals surface area contributed by atoms with Crippen LogP contribution in [0.25, 0.3) is 0 Å². The Morgan fingerprint density at radius 1 is 1.33 bits per heavy atom. The second-order valence-corrected chi connectivity index (χ2v) is 4.97. The van der Waals surface area contributed by atoms with Crippen LogP contribution in [0, 0.1) is 11.8 Å². The van der Waals surface area contributed by atoms with Gasteiger partial charge in [-0.25, -0.2) is 0 Å². The van der Waals surface area contributed by atoms with Crippen LogP contribution in [-0.2, 0) is 16.0 Å². The summed E-state index contributed by atoms with van der Waals surface area (Å²) in [4.78, 5) is 24.9. The number of hydrogen-bond donors (Lipinski definition) is 1. The number of hydrogen-bond acceptors (Lipinski definition) is 2. The third-order valence-corrected chi connectivity index (χ3v) is 3.26. The van der Waals surface area contributed by atoms with Gasteiger partial charge in [0.25, 0.3) is 0 Å². The summed E-state index contributed by atoms with van der Waals surface area (Å²) in [6.07, 6.45) is 0.493. The number of fused-ring (bicyclic) bond motifs is 1. The topological polar surface area (TPSA) is 57.6 Å². The monoisotopic (exact) mass is 247 g/mol. The molecule has 0 radical (unpaired) electrons. The first kappa shape index (κ1) is 12.6. The van der Waals surface area contributed by atoms with Crippen LogP contribution in [-0.4, -0.2) is 23.5 Å². The van der Waals surface area contributed by atoms with Crippen molar-refractivity contribution in [1.82, 2.24) is 0 Å². The first-order chi connectivity index (χ1) is 8.50. The number of rotatable bonds is 2. The number of carboxylic acid groups (broad SMARTS) is 1. The number of anilines is 1. The minimum atomic E-state index is -0.842. The molecule has 1 aromatic rings. The molecule has 0 fully saturated rings. The van der Waals surface area contributed by atoms with Crippen molar-refractivity contribution < 1.29 is 14.7 Å². The first-order valence-electron chi connectivity index (χ1n) is 6.12. The highest BCUT2D eigenvalue weighted by Crippen LogP contribution is 2.30. The molecular weight excluding hydrogens is 230 g/mol. The van der Waals surface area contributed by atoms with Gasteiger partial charge in [-0.2, -0.15) is 0 Å². The summed E-state index contributed by atoms with van der Waals surface area (Å²) in [5, 5.41) is 9.16. The zero-order chi connectivity index (χ0) is 13.3. The van der Waals surface area contributed by atoms with Crippen molar-refractivity contribution >= 4 is 17.6 Å². The van der Waals surface area contributed by atoms with Crippen LogP contribution in [0.1, 0.15) is 19.4 Å². The predicted molar refractivity (Wildman–Crippen MR) is 68.5 cm³/mol. The van der Waals surface area contributed by atoms with E-state index in [4.69, 9.17) is 5.11 Å². The molecule has 1 unspecified atom stereocenters. The van der Waals surface area contributed by atoms with Crippen molar-refractivity contribution in [2.75, 3.05) is 11.4 Å². The molecule has 1 N–H and O–H groups in total. The Morgan fingerprint density at radius 2 is 2.00 bits per heavy atom. The standard InChI is InChI=1S/C14H17NO3/c1-9(2)13(16)15-8-11(14(17)18)7-10-5-3-4-6-12(10)15/h3-6,9,11H,7-8H2,1-2H3,(H,17,18). The maximum Gasteiger partial charge on any atom is 0.308 e. The smallest absolute Gasteiger partial charge is 0.308 e. The average Bonchev–Trinajstić information content (AvgIpc) is 2.36. The molecule has 96 valence electrons. The fourth-order valence-electron chi connectivity index (χ4n) is 2.28. The van der Waals surface area contributed by atoms with Gasteiger partial charge < -0.3 is 10.0 Å². The molecular formula is C14H17NO3. The van der Waals surface area contributed by atoms with E-state index in [1.54, 1.807) is 4.90 Å². The Balaban J connectivity index is 2.39. The molecule has 4 nitrogen and oxygen atoms in total. The van der Waals surface area contributed by atoms with Crippen molar-refractivity contribution in [3.63, 3.8) is 0 Å². The third kappa shape index (κ3) is 2.23. The van der Waals surface area contributed by atoms with Gasteiger partial charge in [-0.15, -0.1) is 0 Å². The molecule has 1 atom stereocenters. The Kier molecular flexibility index (Phi) is 3.36. The number of carbonyl (C=O) groups excluding carboxylic acids is 1. The lowest BCUT2D eigenvalue weighted by atomic mass is 9.92. The first-order valence-corrected chi connectivity index (χ1v) is 6.12. The zero-order valence-electron chi connectivity index (χ0n) is 10.6. The van der Waals surface area contributed by atoms with Crippen LogP contribution in [0.15, 0.2) is 24.3 Å². The van der Waals surface area contributed by atoms with Gasteiger partial charge in [-0.1, -0.05) is 32.0 Å². The Hall–Kier alpha value is -1.84. The largest absolute Gasteiger partial charge is 0.481 e. The third-order valence-electron chi connectivity index (χ3n) is 3.26. The second kappa shape index (κ2) is 4.80. The molecule has 1 aliphatic rings. The maximum absolute atomic E-state index is 12.2. The van der Waals surface area contributed by atoms with Crippen LogP contribution in [0.2, 0.25) is 0 Å². The van der Waals surface area contributed by atoms with E-state index in [9.17, 15) is 9.59 Å². The van der Waals surface area contributed by atoms with Crippen molar-refractivity contribution in [3.05, 3.63) is 29.8 Å². The van der Waals surface area contributed by atoms with E-state index in [0.29, 0.717) is 6.42 Å². The van der Waals surface area contributed by atoms with Gasteiger partial charge in [0.05, 0.1) is 5.92 Å².